The fraction of sp³-hybridized carbons (Fsp3) is 0.615. The lowest BCUT2D eigenvalue weighted by molar-refractivity contribution is 0.0691. The molecule has 0 radical (unpaired) electrons. The molecular weight excluding hydrogens is 278 g/mol. The van der Waals surface area contributed by atoms with E-state index in [1.54, 1.807) is 0 Å². The van der Waals surface area contributed by atoms with Gasteiger partial charge in [-0.05, 0) is 18.8 Å². The van der Waals surface area contributed by atoms with E-state index in [-0.39, 0.29) is 11.7 Å². The molecule has 2 N–H and O–H groups in total. The molecule has 1 aliphatic heterocycles. The number of hydrogen-bond acceptors (Lipinski definition) is 4. The maximum absolute atomic E-state index is 11.9. The zero-order valence-corrected chi connectivity index (χ0v) is 12.3. The molecular formula is C13H19N3O3S. The van der Waals surface area contributed by atoms with Gasteiger partial charge in [0.25, 0.3) is 0 Å². The van der Waals surface area contributed by atoms with E-state index in [4.69, 9.17) is 5.11 Å². The Morgan fingerprint density at radius 1 is 1.50 bits per heavy atom. The number of urea groups is 1. The molecule has 0 aromatic carbocycles. The molecule has 1 aromatic rings. The largest absolute Gasteiger partial charge is 0.476 e. The molecule has 0 spiro atoms. The molecule has 1 saturated heterocycles. The van der Waals surface area contributed by atoms with Crippen LogP contribution in [0.4, 0.5) is 4.79 Å². The smallest absolute Gasteiger partial charge is 0.355 e. The number of rotatable bonds is 4. The van der Waals surface area contributed by atoms with Gasteiger partial charge in [-0.2, -0.15) is 0 Å². The van der Waals surface area contributed by atoms with E-state index in [0.717, 1.165) is 30.9 Å². The van der Waals surface area contributed by atoms with E-state index >= 15 is 0 Å². The van der Waals surface area contributed by atoms with Crippen molar-refractivity contribution in [2.75, 3.05) is 19.6 Å². The second kappa shape index (κ2) is 6.69. The zero-order valence-electron chi connectivity index (χ0n) is 11.5. The highest BCUT2D eigenvalue weighted by atomic mass is 32.1. The molecule has 0 saturated carbocycles. The van der Waals surface area contributed by atoms with E-state index in [2.05, 4.69) is 17.2 Å². The molecule has 1 aromatic heterocycles. The number of aromatic nitrogens is 1. The Balaban J connectivity index is 1.72. The highest BCUT2D eigenvalue weighted by Crippen LogP contribution is 2.15. The predicted octanol–water partition coefficient (Wildman–Crippen LogP) is 1.83. The van der Waals surface area contributed by atoms with Crippen LogP contribution in [0.5, 0.6) is 0 Å². The highest BCUT2D eigenvalue weighted by molar-refractivity contribution is 7.09. The summed E-state index contributed by atoms with van der Waals surface area (Å²) in [5, 5.41) is 13.9. The molecule has 0 unspecified atom stereocenters. The standard InChI is InChI=1S/C13H19N3O3S/c1-9-3-6-16(7-4-9)13(19)14-5-2-11-15-10(8-20-11)12(17)18/h8-9H,2-7H2,1H3,(H,14,19)(H,17,18). The van der Waals surface area contributed by atoms with E-state index in [9.17, 15) is 9.59 Å². The Morgan fingerprint density at radius 3 is 2.80 bits per heavy atom. The minimum absolute atomic E-state index is 0.0353. The van der Waals surface area contributed by atoms with Crippen LogP contribution in [-0.4, -0.2) is 46.6 Å². The number of piperidine rings is 1. The molecule has 2 heterocycles. The number of likely N-dealkylation sites (tertiary alicyclic amines) is 1. The Labute approximate surface area is 121 Å². The van der Waals surface area contributed by atoms with Crippen LogP contribution >= 0.6 is 11.3 Å². The van der Waals surface area contributed by atoms with E-state index in [0.29, 0.717) is 18.9 Å². The van der Waals surface area contributed by atoms with Gasteiger partial charge in [0, 0.05) is 31.4 Å². The molecule has 1 aliphatic rings. The Hall–Kier alpha value is -1.63. The number of carbonyl (C=O) groups excluding carboxylic acids is 1. The molecule has 0 bridgehead atoms. The number of hydrogen-bond donors (Lipinski definition) is 2. The zero-order chi connectivity index (χ0) is 14.5. The van der Waals surface area contributed by atoms with Crippen LogP contribution in [0.15, 0.2) is 5.38 Å². The first-order chi connectivity index (χ1) is 9.56. The summed E-state index contributed by atoms with van der Waals surface area (Å²) >= 11 is 1.31. The van der Waals surface area contributed by atoms with Gasteiger partial charge in [0.15, 0.2) is 5.69 Å². The summed E-state index contributed by atoms with van der Waals surface area (Å²) in [5.41, 5.74) is 0.0707. The van der Waals surface area contributed by atoms with Crippen molar-refractivity contribution in [2.24, 2.45) is 5.92 Å². The molecule has 2 amide bonds. The van der Waals surface area contributed by atoms with Gasteiger partial charge in [0.1, 0.15) is 0 Å². The molecule has 7 heteroatoms. The molecule has 2 rings (SSSR count). The van der Waals surface area contributed by atoms with Crippen molar-refractivity contribution in [1.29, 1.82) is 0 Å². The van der Waals surface area contributed by atoms with Crippen molar-refractivity contribution in [1.82, 2.24) is 15.2 Å². The summed E-state index contributed by atoms with van der Waals surface area (Å²) < 4.78 is 0. The summed E-state index contributed by atoms with van der Waals surface area (Å²) in [4.78, 5) is 28.4. The Bertz CT molecular complexity index is 481. The lowest BCUT2D eigenvalue weighted by atomic mass is 10.00. The third kappa shape index (κ3) is 3.93. The third-order valence-electron chi connectivity index (χ3n) is 3.46. The quantitative estimate of drug-likeness (QED) is 0.888. The maximum Gasteiger partial charge on any atom is 0.355 e. The van der Waals surface area contributed by atoms with Gasteiger partial charge in [-0.1, -0.05) is 6.92 Å². The van der Waals surface area contributed by atoms with Gasteiger partial charge in [-0.25, -0.2) is 14.6 Å². The summed E-state index contributed by atoms with van der Waals surface area (Å²) in [6, 6.07) is -0.0353. The molecule has 1 fully saturated rings. The van der Waals surface area contributed by atoms with Crippen LogP contribution in [0.2, 0.25) is 0 Å². The van der Waals surface area contributed by atoms with Crippen molar-refractivity contribution < 1.29 is 14.7 Å². The van der Waals surface area contributed by atoms with Crippen LogP contribution < -0.4 is 5.32 Å². The van der Waals surface area contributed by atoms with Gasteiger partial charge in [0.2, 0.25) is 0 Å². The Kier molecular flexibility index (Phi) is 4.94. The first kappa shape index (κ1) is 14.8. The van der Waals surface area contributed by atoms with Gasteiger partial charge >= 0.3 is 12.0 Å². The molecule has 110 valence electrons. The highest BCUT2D eigenvalue weighted by Gasteiger charge is 2.19. The maximum atomic E-state index is 11.9. The van der Waals surface area contributed by atoms with E-state index in [1.165, 1.54) is 16.7 Å². The van der Waals surface area contributed by atoms with Crippen molar-refractivity contribution in [2.45, 2.75) is 26.2 Å². The van der Waals surface area contributed by atoms with Crippen LogP contribution in [0.3, 0.4) is 0 Å². The first-order valence-corrected chi connectivity index (χ1v) is 7.64. The number of carbonyl (C=O) groups is 2. The summed E-state index contributed by atoms with van der Waals surface area (Å²) in [6.07, 6.45) is 2.68. The lowest BCUT2D eigenvalue weighted by Crippen LogP contribution is -2.44. The molecule has 0 atom stereocenters. The van der Waals surface area contributed by atoms with E-state index < -0.39 is 5.97 Å². The second-order valence-electron chi connectivity index (χ2n) is 5.08. The number of nitrogens with zero attached hydrogens (tertiary/aromatic N) is 2. The number of amides is 2. The predicted molar refractivity (Wildman–Crippen MR) is 76.1 cm³/mol. The van der Waals surface area contributed by atoms with Crippen LogP contribution in [0.25, 0.3) is 0 Å². The normalized spacial score (nSPS) is 16.1. The summed E-state index contributed by atoms with van der Waals surface area (Å²) in [5.74, 6) is -0.317. The number of carboxylic acid groups (broad SMARTS) is 1. The average Bonchev–Trinajstić information content (AvgIpc) is 2.88. The van der Waals surface area contributed by atoms with E-state index in [1.807, 2.05) is 4.90 Å². The van der Waals surface area contributed by atoms with Gasteiger partial charge in [-0.3, -0.25) is 0 Å². The fourth-order valence-corrected chi connectivity index (χ4v) is 2.90. The summed E-state index contributed by atoms with van der Waals surface area (Å²) in [6.45, 7) is 4.32. The van der Waals surface area contributed by atoms with Crippen molar-refractivity contribution in [3.8, 4) is 0 Å². The van der Waals surface area contributed by atoms with Crippen LogP contribution in [-0.2, 0) is 6.42 Å². The van der Waals surface area contributed by atoms with Crippen LogP contribution in [0.1, 0.15) is 35.3 Å². The van der Waals surface area contributed by atoms with Gasteiger partial charge in [-0.15, -0.1) is 11.3 Å². The monoisotopic (exact) mass is 297 g/mol. The molecule has 6 nitrogen and oxygen atoms in total. The lowest BCUT2D eigenvalue weighted by Gasteiger charge is -2.30. The second-order valence-corrected chi connectivity index (χ2v) is 6.03. The minimum atomic E-state index is -1.01. The first-order valence-electron chi connectivity index (χ1n) is 6.76. The van der Waals surface area contributed by atoms with Crippen molar-refractivity contribution >= 4 is 23.3 Å². The number of aromatic carboxylic acids is 1. The third-order valence-corrected chi connectivity index (χ3v) is 4.37. The number of thiazole rings is 1. The molecule has 0 aliphatic carbocycles. The molecule has 20 heavy (non-hydrogen) atoms. The summed E-state index contributed by atoms with van der Waals surface area (Å²) in [7, 11) is 0. The van der Waals surface area contributed by atoms with Crippen molar-refractivity contribution in [3.05, 3.63) is 16.1 Å². The number of carboxylic acids is 1. The Morgan fingerprint density at radius 2 is 2.20 bits per heavy atom. The van der Waals surface area contributed by atoms with Crippen molar-refractivity contribution in [3.63, 3.8) is 0 Å². The van der Waals surface area contributed by atoms with Gasteiger partial charge < -0.3 is 15.3 Å². The topological polar surface area (TPSA) is 82.5 Å². The average molecular weight is 297 g/mol. The van der Waals surface area contributed by atoms with Gasteiger partial charge in [0.05, 0.1) is 5.01 Å². The fourth-order valence-electron chi connectivity index (χ4n) is 2.12. The number of nitrogens with one attached hydrogen (secondary N) is 1. The minimum Gasteiger partial charge on any atom is -0.476 e. The van der Waals surface area contributed by atoms with Crippen LogP contribution in [0, 0.1) is 5.92 Å². The SMILES string of the molecule is CC1CCN(C(=O)NCCc2nc(C(=O)O)cs2)CC1.